The highest BCUT2D eigenvalue weighted by molar-refractivity contribution is 9.10. The van der Waals surface area contributed by atoms with E-state index in [0.29, 0.717) is 18.8 Å². The molecular weight excluding hydrogens is 305 g/mol. The number of rotatable bonds is 2. The Bertz CT molecular complexity index is 419. The first-order chi connectivity index (χ1) is 7.57. The van der Waals surface area contributed by atoms with E-state index in [2.05, 4.69) is 22.0 Å². The Kier molecular flexibility index (Phi) is 4.58. The molecule has 2 rings (SSSR count). The fourth-order valence-electron chi connectivity index (χ4n) is 2.22. The summed E-state index contributed by atoms with van der Waals surface area (Å²) in [5.41, 5.74) is 6.38. The van der Waals surface area contributed by atoms with E-state index in [1.54, 1.807) is 0 Å². The zero-order chi connectivity index (χ0) is 11.8. The van der Waals surface area contributed by atoms with Crippen molar-refractivity contribution in [3.8, 4) is 0 Å². The van der Waals surface area contributed by atoms with Crippen LogP contribution in [0.2, 0.25) is 0 Å². The monoisotopic (exact) mass is 319 g/mol. The molecule has 0 amide bonds. The summed E-state index contributed by atoms with van der Waals surface area (Å²) < 4.78 is 5.77. The molecule has 1 aliphatic rings. The summed E-state index contributed by atoms with van der Waals surface area (Å²) in [5, 5.41) is 0. The first-order valence-corrected chi connectivity index (χ1v) is 5.98. The molecule has 0 radical (unpaired) electrons. The molecule has 0 aliphatic heterocycles. The van der Waals surface area contributed by atoms with Crippen molar-refractivity contribution in [1.29, 1.82) is 0 Å². The van der Waals surface area contributed by atoms with Crippen LogP contribution in [0.3, 0.4) is 0 Å². The molecule has 0 atom stereocenters. The second-order valence-electron chi connectivity index (χ2n) is 4.27. The molecule has 0 bridgehead atoms. The van der Waals surface area contributed by atoms with Crippen LogP contribution in [-0.4, -0.2) is 18.6 Å². The van der Waals surface area contributed by atoms with E-state index in [1.807, 2.05) is 18.2 Å². The summed E-state index contributed by atoms with van der Waals surface area (Å²) in [6.45, 7) is 0. The highest BCUT2D eigenvalue weighted by Gasteiger charge is 2.48. The van der Waals surface area contributed by atoms with E-state index in [1.165, 1.54) is 12.7 Å². The van der Waals surface area contributed by atoms with Crippen molar-refractivity contribution in [3.05, 3.63) is 34.3 Å². The Morgan fingerprint density at radius 2 is 2.06 bits per heavy atom. The van der Waals surface area contributed by atoms with Gasteiger partial charge in [0.1, 0.15) is 5.54 Å². The summed E-state index contributed by atoms with van der Waals surface area (Å²) in [6, 6.07) is 8.03. The number of carbonyl (C=O) groups is 1. The highest BCUT2D eigenvalue weighted by atomic mass is 79.9. The van der Waals surface area contributed by atoms with Gasteiger partial charge in [-0.15, -0.1) is 12.4 Å². The summed E-state index contributed by atoms with van der Waals surface area (Å²) >= 11 is 3.51. The van der Waals surface area contributed by atoms with Gasteiger partial charge < -0.3 is 10.5 Å². The van der Waals surface area contributed by atoms with Crippen molar-refractivity contribution in [2.45, 2.75) is 24.3 Å². The van der Waals surface area contributed by atoms with Gasteiger partial charge in [0.25, 0.3) is 0 Å². The zero-order valence-corrected chi connectivity index (χ0v) is 11.9. The van der Waals surface area contributed by atoms with Gasteiger partial charge in [0.2, 0.25) is 0 Å². The number of halogens is 2. The third-order valence-electron chi connectivity index (χ3n) is 3.16. The van der Waals surface area contributed by atoms with Crippen LogP contribution in [0, 0.1) is 0 Å². The van der Waals surface area contributed by atoms with Crippen LogP contribution in [-0.2, 0) is 9.53 Å². The minimum atomic E-state index is -0.783. The molecule has 1 saturated carbocycles. The molecule has 1 aromatic carbocycles. The van der Waals surface area contributed by atoms with Gasteiger partial charge in [0.15, 0.2) is 0 Å². The van der Waals surface area contributed by atoms with Gasteiger partial charge in [0, 0.05) is 4.47 Å². The van der Waals surface area contributed by atoms with E-state index < -0.39 is 5.54 Å². The van der Waals surface area contributed by atoms with E-state index >= 15 is 0 Å². The molecule has 1 aliphatic carbocycles. The van der Waals surface area contributed by atoms with Crippen molar-refractivity contribution in [2.24, 2.45) is 5.73 Å². The number of hydrogen-bond donors (Lipinski definition) is 1. The summed E-state index contributed by atoms with van der Waals surface area (Å²) in [5.74, 6) is 0.0375. The Morgan fingerprint density at radius 3 is 2.59 bits per heavy atom. The number of nitrogens with two attached hydrogens (primary N) is 1. The van der Waals surface area contributed by atoms with E-state index in [4.69, 9.17) is 10.5 Å². The smallest absolute Gasteiger partial charge is 0.325 e. The average molecular weight is 321 g/mol. The number of hydrogen-bond acceptors (Lipinski definition) is 3. The normalized spacial score (nSPS) is 26.6. The maximum Gasteiger partial charge on any atom is 0.325 e. The molecular formula is C12H15BrClNO2. The van der Waals surface area contributed by atoms with Crippen LogP contribution in [0.4, 0.5) is 0 Å². The Labute approximate surface area is 115 Å². The summed E-state index contributed by atoms with van der Waals surface area (Å²) in [6.07, 6.45) is 1.31. The second kappa shape index (κ2) is 5.38. The highest BCUT2D eigenvalue weighted by Crippen LogP contribution is 2.45. The minimum Gasteiger partial charge on any atom is -0.468 e. The van der Waals surface area contributed by atoms with Crippen molar-refractivity contribution in [1.82, 2.24) is 0 Å². The average Bonchev–Trinajstić information content (AvgIpc) is 2.25. The molecule has 0 heterocycles. The molecule has 1 fully saturated rings. The first kappa shape index (κ1) is 14.5. The van der Waals surface area contributed by atoms with Gasteiger partial charge in [-0.05, 0) is 30.4 Å². The number of benzene rings is 1. The van der Waals surface area contributed by atoms with Crippen LogP contribution in [0.25, 0.3) is 0 Å². The molecule has 2 N–H and O–H groups in total. The third-order valence-corrected chi connectivity index (χ3v) is 3.88. The lowest BCUT2D eigenvalue weighted by Gasteiger charge is -2.42. The molecule has 0 saturated heterocycles. The number of ether oxygens (including phenoxy) is 1. The number of esters is 1. The topological polar surface area (TPSA) is 52.3 Å². The maximum absolute atomic E-state index is 11.4. The van der Waals surface area contributed by atoms with E-state index in [0.717, 1.165) is 4.47 Å². The molecule has 94 valence electrons. The Morgan fingerprint density at radius 1 is 1.47 bits per heavy atom. The standard InChI is InChI=1S/C12H14BrNO2.ClH/c1-16-11(15)12(14)6-8(7-12)9-4-2-3-5-10(9)13;/h2-5,8H,6-7,14H2,1H3;1H. The van der Waals surface area contributed by atoms with Gasteiger partial charge in [-0.25, -0.2) is 0 Å². The second-order valence-corrected chi connectivity index (χ2v) is 5.13. The van der Waals surface area contributed by atoms with Crippen LogP contribution >= 0.6 is 28.3 Å². The molecule has 3 nitrogen and oxygen atoms in total. The summed E-state index contributed by atoms with van der Waals surface area (Å²) in [4.78, 5) is 11.4. The van der Waals surface area contributed by atoms with Crippen LogP contribution in [0.5, 0.6) is 0 Å². The first-order valence-electron chi connectivity index (χ1n) is 5.18. The maximum atomic E-state index is 11.4. The van der Waals surface area contributed by atoms with Gasteiger partial charge in [-0.3, -0.25) is 4.79 Å². The Hall–Kier alpha value is -0.580. The van der Waals surface area contributed by atoms with Gasteiger partial charge in [-0.2, -0.15) is 0 Å². The van der Waals surface area contributed by atoms with Crippen LogP contribution in [0.1, 0.15) is 24.3 Å². The van der Waals surface area contributed by atoms with Crippen molar-refractivity contribution in [3.63, 3.8) is 0 Å². The van der Waals surface area contributed by atoms with Crippen LogP contribution in [0.15, 0.2) is 28.7 Å². The zero-order valence-electron chi connectivity index (χ0n) is 9.48. The largest absolute Gasteiger partial charge is 0.468 e. The molecule has 17 heavy (non-hydrogen) atoms. The van der Waals surface area contributed by atoms with Crippen molar-refractivity contribution < 1.29 is 9.53 Å². The SMILES string of the molecule is COC(=O)C1(N)CC(c2ccccc2Br)C1.Cl. The van der Waals surface area contributed by atoms with Gasteiger partial charge in [0.05, 0.1) is 7.11 Å². The van der Waals surface area contributed by atoms with Gasteiger partial charge >= 0.3 is 5.97 Å². The fourth-order valence-corrected chi connectivity index (χ4v) is 2.82. The molecule has 0 unspecified atom stereocenters. The minimum absolute atomic E-state index is 0. The Balaban J connectivity index is 0.00000144. The lowest BCUT2D eigenvalue weighted by molar-refractivity contribution is -0.151. The summed E-state index contributed by atoms with van der Waals surface area (Å²) in [7, 11) is 1.38. The fraction of sp³-hybridized carbons (Fsp3) is 0.417. The third kappa shape index (κ3) is 2.64. The predicted octanol–water partition coefficient (Wildman–Crippen LogP) is 2.62. The van der Waals surface area contributed by atoms with E-state index in [9.17, 15) is 4.79 Å². The van der Waals surface area contributed by atoms with Crippen molar-refractivity contribution in [2.75, 3.05) is 7.11 Å². The van der Waals surface area contributed by atoms with Crippen molar-refractivity contribution >= 4 is 34.3 Å². The van der Waals surface area contributed by atoms with E-state index in [-0.39, 0.29) is 18.4 Å². The molecule has 1 aromatic rings. The van der Waals surface area contributed by atoms with Crippen LogP contribution < -0.4 is 5.73 Å². The quantitative estimate of drug-likeness (QED) is 0.852. The molecule has 5 heteroatoms. The lowest BCUT2D eigenvalue weighted by Crippen LogP contribution is -2.57. The van der Waals surface area contributed by atoms with Gasteiger partial charge in [-0.1, -0.05) is 34.1 Å². The number of methoxy groups -OCH3 is 1. The molecule has 0 aromatic heterocycles. The lowest BCUT2D eigenvalue weighted by atomic mass is 9.66. The molecule has 0 spiro atoms. The number of carbonyl (C=O) groups excluding carboxylic acids is 1. The predicted molar refractivity (Wildman–Crippen MR) is 72.3 cm³/mol.